The average Bonchev–Trinajstić information content (AvgIpc) is 2.27. The summed E-state index contributed by atoms with van der Waals surface area (Å²) in [6.45, 7) is 1.89. The summed E-state index contributed by atoms with van der Waals surface area (Å²) < 4.78 is 13.3. The third-order valence-electron chi connectivity index (χ3n) is 2.29. The molecule has 0 aliphatic heterocycles. The second kappa shape index (κ2) is 6.24. The summed E-state index contributed by atoms with van der Waals surface area (Å²) in [5, 5.41) is 2.68. The van der Waals surface area contributed by atoms with Crippen molar-refractivity contribution < 1.29 is 9.18 Å². The molecule has 1 atom stereocenters. The van der Waals surface area contributed by atoms with Crippen molar-refractivity contribution in [3.63, 3.8) is 0 Å². The van der Waals surface area contributed by atoms with E-state index in [4.69, 9.17) is 18.0 Å². The molecule has 0 aromatic carbocycles. The van der Waals surface area contributed by atoms with Crippen molar-refractivity contribution in [1.82, 2.24) is 10.3 Å². The molecule has 1 aromatic heterocycles. The lowest BCUT2D eigenvalue weighted by Crippen LogP contribution is -2.37. The second-order valence-corrected chi connectivity index (χ2v) is 4.13. The van der Waals surface area contributed by atoms with Crippen LogP contribution in [0.5, 0.6) is 0 Å². The van der Waals surface area contributed by atoms with E-state index >= 15 is 0 Å². The number of nitrogens with one attached hydrogen (secondary N) is 1. The molecule has 1 heterocycles. The maximum Gasteiger partial charge on any atom is 0.254 e. The fraction of sp³-hybridized carbons (Fsp3) is 0.364. The summed E-state index contributed by atoms with van der Waals surface area (Å²) in [5.74, 6) is -1.12. The number of rotatable bonds is 5. The van der Waals surface area contributed by atoms with E-state index in [1.54, 1.807) is 0 Å². The zero-order valence-corrected chi connectivity index (χ0v) is 10.3. The fourth-order valence-electron chi connectivity index (χ4n) is 1.36. The van der Waals surface area contributed by atoms with Gasteiger partial charge in [-0.05, 0) is 12.5 Å². The fourth-order valence-corrected chi connectivity index (χ4v) is 1.56. The normalized spacial score (nSPS) is 11.9. The lowest BCUT2D eigenvalue weighted by atomic mass is 10.1. The molecular weight excluding hydrogens is 241 g/mol. The van der Waals surface area contributed by atoms with Crippen molar-refractivity contribution in [2.45, 2.75) is 25.8 Å². The van der Waals surface area contributed by atoms with Crippen LogP contribution in [0.2, 0.25) is 0 Å². The van der Waals surface area contributed by atoms with Crippen LogP contribution in [0.25, 0.3) is 0 Å². The molecule has 0 aliphatic carbocycles. The van der Waals surface area contributed by atoms with Gasteiger partial charge in [0.05, 0.1) is 16.7 Å². The largest absolute Gasteiger partial charge is 0.393 e. The minimum Gasteiger partial charge on any atom is -0.393 e. The number of hydrogen-bond donors (Lipinski definition) is 2. The van der Waals surface area contributed by atoms with Gasteiger partial charge in [0.25, 0.3) is 5.91 Å². The number of nitrogens with zero attached hydrogens (tertiary/aromatic N) is 1. The number of carbonyl (C=O) groups is 1. The molecule has 0 spiro atoms. The molecule has 6 heteroatoms. The summed E-state index contributed by atoms with van der Waals surface area (Å²) in [7, 11) is 0. The van der Waals surface area contributed by atoms with Gasteiger partial charge in [-0.25, -0.2) is 4.39 Å². The van der Waals surface area contributed by atoms with Crippen LogP contribution in [0.3, 0.4) is 0 Å². The summed E-state index contributed by atoms with van der Waals surface area (Å²) in [5.41, 5.74) is 5.38. The SMILES string of the molecule is CCC(CC(N)=S)NC(=O)c1ccncc1F. The predicted octanol–water partition coefficient (Wildman–Crippen LogP) is 1.41. The molecule has 0 saturated heterocycles. The molecular formula is C11H14FN3OS. The molecule has 0 radical (unpaired) electrons. The first kappa shape index (κ1) is 13.5. The third kappa shape index (κ3) is 4.07. The number of halogens is 1. The van der Waals surface area contributed by atoms with Gasteiger partial charge in [0.1, 0.15) is 0 Å². The first-order valence-corrected chi connectivity index (χ1v) is 5.64. The first-order valence-electron chi connectivity index (χ1n) is 5.23. The Morgan fingerprint density at radius 3 is 2.94 bits per heavy atom. The summed E-state index contributed by atoms with van der Waals surface area (Å²) in [6, 6.07) is 1.16. The van der Waals surface area contributed by atoms with Gasteiger partial charge in [0.15, 0.2) is 5.82 Å². The van der Waals surface area contributed by atoms with Crippen LogP contribution in [0, 0.1) is 5.82 Å². The molecule has 92 valence electrons. The van der Waals surface area contributed by atoms with Crippen LogP contribution in [-0.2, 0) is 0 Å². The van der Waals surface area contributed by atoms with E-state index in [9.17, 15) is 9.18 Å². The number of carbonyl (C=O) groups excluding carboxylic acids is 1. The zero-order valence-electron chi connectivity index (χ0n) is 9.44. The van der Waals surface area contributed by atoms with Crippen LogP contribution in [0.1, 0.15) is 30.1 Å². The van der Waals surface area contributed by atoms with Crippen LogP contribution >= 0.6 is 12.2 Å². The molecule has 17 heavy (non-hydrogen) atoms. The number of amides is 1. The van der Waals surface area contributed by atoms with Crippen molar-refractivity contribution in [1.29, 1.82) is 0 Å². The number of nitrogens with two attached hydrogens (primary N) is 1. The Kier molecular flexibility index (Phi) is 4.96. The van der Waals surface area contributed by atoms with Gasteiger partial charge in [0.2, 0.25) is 0 Å². The standard InChI is InChI=1S/C11H14FN3OS/c1-2-7(5-10(13)17)15-11(16)8-3-4-14-6-9(8)12/h3-4,6-7H,2,5H2,1H3,(H2,13,17)(H,15,16). The molecule has 0 saturated carbocycles. The molecule has 3 N–H and O–H groups in total. The Bertz CT molecular complexity index is 425. The van der Waals surface area contributed by atoms with Crippen molar-refractivity contribution >= 4 is 23.1 Å². The zero-order chi connectivity index (χ0) is 12.8. The first-order chi connectivity index (χ1) is 8.04. The van der Waals surface area contributed by atoms with Crippen molar-refractivity contribution in [2.24, 2.45) is 5.73 Å². The molecule has 1 amide bonds. The van der Waals surface area contributed by atoms with Gasteiger partial charge in [-0.1, -0.05) is 19.1 Å². The highest BCUT2D eigenvalue weighted by atomic mass is 32.1. The molecule has 4 nitrogen and oxygen atoms in total. The monoisotopic (exact) mass is 255 g/mol. The predicted molar refractivity (Wildman–Crippen MR) is 67.1 cm³/mol. The van der Waals surface area contributed by atoms with Crippen molar-refractivity contribution in [2.75, 3.05) is 0 Å². The van der Waals surface area contributed by atoms with Gasteiger partial charge in [-0.2, -0.15) is 0 Å². The average molecular weight is 255 g/mol. The van der Waals surface area contributed by atoms with Gasteiger partial charge in [-0.3, -0.25) is 9.78 Å². The summed E-state index contributed by atoms with van der Waals surface area (Å²) >= 11 is 4.78. The minimum atomic E-state index is -0.643. The van der Waals surface area contributed by atoms with Crippen LogP contribution in [0.15, 0.2) is 18.5 Å². The third-order valence-corrected chi connectivity index (χ3v) is 2.46. The Morgan fingerprint density at radius 2 is 2.41 bits per heavy atom. The van der Waals surface area contributed by atoms with Gasteiger partial charge in [-0.15, -0.1) is 0 Å². The quantitative estimate of drug-likeness (QED) is 0.780. The van der Waals surface area contributed by atoms with E-state index in [1.165, 1.54) is 12.3 Å². The number of thiocarbonyl (C=S) groups is 1. The second-order valence-electron chi connectivity index (χ2n) is 3.60. The maximum absolute atomic E-state index is 13.3. The van der Waals surface area contributed by atoms with Crippen LogP contribution < -0.4 is 11.1 Å². The molecule has 1 aromatic rings. The number of aromatic nitrogens is 1. The summed E-state index contributed by atoms with van der Waals surface area (Å²) in [6.07, 6.45) is 3.45. The number of hydrogen-bond acceptors (Lipinski definition) is 3. The smallest absolute Gasteiger partial charge is 0.254 e. The lowest BCUT2D eigenvalue weighted by molar-refractivity contribution is 0.0933. The van der Waals surface area contributed by atoms with E-state index < -0.39 is 11.7 Å². The minimum absolute atomic E-state index is 0.0265. The van der Waals surface area contributed by atoms with Crippen LogP contribution in [0.4, 0.5) is 4.39 Å². The van der Waals surface area contributed by atoms with E-state index in [1.807, 2.05) is 6.92 Å². The van der Waals surface area contributed by atoms with Crippen LogP contribution in [-0.4, -0.2) is 21.9 Å². The lowest BCUT2D eigenvalue weighted by Gasteiger charge is -2.16. The topological polar surface area (TPSA) is 68.0 Å². The Hall–Kier alpha value is -1.56. The highest BCUT2D eigenvalue weighted by Crippen LogP contribution is 2.06. The Morgan fingerprint density at radius 1 is 1.71 bits per heavy atom. The van der Waals surface area contributed by atoms with Gasteiger partial charge >= 0.3 is 0 Å². The molecule has 0 fully saturated rings. The van der Waals surface area contributed by atoms with E-state index in [-0.39, 0.29) is 11.6 Å². The number of pyridine rings is 1. The molecule has 1 unspecified atom stereocenters. The van der Waals surface area contributed by atoms with E-state index in [0.717, 1.165) is 6.20 Å². The molecule has 0 aliphatic rings. The Balaban J connectivity index is 2.71. The highest BCUT2D eigenvalue weighted by molar-refractivity contribution is 7.80. The molecule has 1 rings (SSSR count). The van der Waals surface area contributed by atoms with E-state index in [2.05, 4.69) is 10.3 Å². The summed E-state index contributed by atoms with van der Waals surface area (Å²) in [4.78, 5) is 15.7. The highest BCUT2D eigenvalue weighted by Gasteiger charge is 2.15. The van der Waals surface area contributed by atoms with E-state index in [0.29, 0.717) is 17.8 Å². The molecule has 0 bridgehead atoms. The van der Waals surface area contributed by atoms with Gasteiger partial charge in [0, 0.05) is 18.7 Å². The van der Waals surface area contributed by atoms with Crippen molar-refractivity contribution in [3.05, 3.63) is 29.8 Å². The van der Waals surface area contributed by atoms with Gasteiger partial charge < -0.3 is 11.1 Å². The van der Waals surface area contributed by atoms with Crippen molar-refractivity contribution in [3.8, 4) is 0 Å². The Labute approximate surface area is 104 Å². The maximum atomic E-state index is 13.3.